The Hall–Kier alpha value is -2.57. The summed E-state index contributed by atoms with van der Waals surface area (Å²) in [5, 5.41) is 0. The van der Waals surface area contributed by atoms with Crippen LogP contribution in [0, 0.1) is 11.6 Å². The van der Waals surface area contributed by atoms with Crippen molar-refractivity contribution in [2.45, 2.75) is 38.7 Å². The first-order valence-corrected chi connectivity index (χ1v) is 8.57. The largest absolute Gasteiger partial charge is 0.573 e. The van der Waals surface area contributed by atoms with Gasteiger partial charge in [0.1, 0.15) is 6.61 Å². The maximum atomic E-state index is 15.0. The Morgan fingerprint density at radius 2 is 1.63 bits per heavy atom. The van der Waals surface area contributed by atoms with Gasteiger partial charge in [0.05, 0.1) is 0 Å². The minimum atomic E-state index is -5.00. The van der Waals surface area contributed by atoms with Crippen LogP contribution in [0.15, 0.2) is 30.3 Å². The van der Waals surface area contributed by atoms with Crippen molar-refractivity contribution in [3.05, 3.63) is 53.1 Å². The predicted octanol–water partition coefficient (Wildman–Crippen LogP) is 6.38. The van der Waals surface area contributed by atoms with E-state index in [1.807, 2.05) is 6.08 Å². The van der Waals surface area contributed by atoms with Crippen LogP contribution in [0.2, 0.25) is 0 Å². The lowest BCUT2D eigenvalue weighted by atomic mass is 9.90. The van der Waals surface area contributed by atoms with Crippen molar-refractivity contribution in [3.8, 4) is 22.6 Å². The molecule has 0 bridgehead atoms. The molecule has 7 heteroatoms. The molecule has 0 N–H and O–H groups in total. The average Bonchev–Trinajstić information content (AvgIpc) is 2.64. The van der Waals surface area contributed by atoms with Gasteiger partial charge in [-0.1, -0.05) is 12.1 Å². The van der Waals surface area contributed by atoms with E-state index in [1.54, 1.807) is 12.1 Å². The number of ether oxygens (including phenoxy) is 2. The van der Waals surface area contributed by atoms with Crippen LogP contribution in [0.4, 0.5) is 22.0 Å². The summed E-state index contributed by atoms with van der Waals surface area (Å²) in [6, 6.07) is 5.42. The highest BCUT2D eigenvalue weighted by atomic mass is 19.4. The summed E-state index contributed by atoms with van der Waals surface area (Å²) in [5.41, 5.74) is 1.89. The number of benzene rings is 2. The standard InChI is InChI=1S/C20H15F5O2/c21-17-15-10-26-19-14(13(15)8-9-16(17)27-20(23,24)25)7-6-12(18(19)22)11-4-2-1-3-5-11/h4,6-9H,1-3,5,10H2. The molecule has 1 aliphatic carbocycles. The maximum Gasteiger partial charge on any atom is 0.573 e. The van der Waals surface area contributed by atoms with Gasteiger partial charge in [-0.3, -0.25) is 0 Å². The van der Waals surface area contributed by atoms with Crippen LogP contribution in [-0.4, -0.2) is 6.36 Å². The van der Waals surface area contributed by atoms with Gasteiger partial charge >= 0.3 is 6.36 Å². The zero-order valence-electron chi connectivity index (χ0n) is 14.1. The van der Waals surface area contributed by atoms with Crippen LogP contribution in [0.1, 0.15) is 36.8 Å². The third kappa shape index (κ3) is 3.26. The monoisotopic (exact) mass is 382 g/mol. The quantitative estimate of drug-likeness (QED) is 0.561. The molecule has 1 heterocycles. The zero-order valence-corrected chi connectivity index (χ0v) is 14.1. The molecule has 142 valence electrons. The van der Waals surface area contributed by atoms with Crippen molar-refractivity contribution in [3.63, 3.8) is 0 Å². The average molecular weight is 382 g/mol. The van der Waals surface area contributed by atoms with Crippen LogP contribution in [0.25, 0.3) is 16.7 Å². The molecule has 2 nitrogen and oxygen atoms in total. The minimum Gasteiger partial charge on any atom is -0.485 e. The second kappa shape index (κ2) is 6.55. The van der Waals surface area contributed by atoms with E-state index in [-0.39, 0.29) is 17.9 Å². The molecule has 0 saturated carbocycles. The maximum absolute atomic E-state index is 15.0. The molecule has 4 rings (SSSR count). The molecule has 0 unspecified atom stereocenters. The number of alkyl halides is 3. The summed E-state index contributed by atoms with van der Waals surface area (Å²) >= 11 is 0. The van der Waals surface area contributed by atoms with Crippen molar-refractivity contribution in [2.75, 3.05) is 0 Å². The van der Waals surface area contributed by atoms with Crippen LogP contribution < -0.4 is 9.47 Å². The normalized spacial score (nSPS) is 16.1. The van der Waals surface area contributed by atoms with Gasteiger partial charge < -0.3 is 9.47 Å². The number of halogens is 5. The van der Waals surface area contributed by atoms with Crippen LogP contribution >= 0.6 is 0 Å². The van der Waals surface area contributed by atoms with Crippen molar-refractivity contribution in [1.29, 1.82) is 0 Å². The fourth-order valence-corrected chi connectivity index (χ4v) is 3.58. The second-order valence-corrected chi connectivity index (χ2v) is 6.52. The van der Waals surface area contributed by atoms with E-state index < -0.39 is 23.7 Å². The summed E-state index contributed by atoms with van der Waals surface area (Å²) in [4.78, 5) is 0. The summed E-state index contributed by atoms with van der Waals surface area (Å²) in [6.07, 6.45) is 0.728. The van der Waals surface area contributed by atoms with Gasteiger partial charge in [0.25, 0.3) is 0 Å². The predicted molar refractivity (Wildman–Crippen MR) is 89.3 cm³/mol. The van der Waals surface area contributed by atoms with Crippen LogP contribution in [0.3, 0.4) is 0 Å². The molecule has 0 fully saturated rings. The summed E-state index contributed by atoms with van der Waals surface area (Å²) in [6.45, 7) is -0.372. The molecule has 0 aromatic heterocycles. The van der Waals surface area contributed by atoms with E-state index in [2.05, 4.69) is 4.74 Å². The molecule has 0 radical (unpaired) electrons. The molecule has 0 amide bonds. The molecule has 27 heavy (non-hydrogen) atoms. The fraction of sp³-hybridized carbons (Fsp3) is 0.300. The molecule has 0 saturated heterocycles. The first-order chi connectivity index (χ1) is 12.8. The molecule has 2 aromatic rings. The van der Waals surface area contributed by atoms with Crippen molar-refractivity contribution in [1.82, 2.24) is 0 Å². The summed E-state index contributed by atoms with van der Waals surface area (Å²) in [7, 11) is 0. The summed E-state index contributed by atoms with van der Waals surface area (Å²) in [5.74, 6) is -2.62. The Morgan fingerprint density at radius 1 is 0.889 bits per heavy atom. The van der Waals surface area contributed by atoms with Crippen LogP contribution in [0.5, 0.6) is 11.5 Å². The fourth-order valence-electron chi connectivity index (χ4n) is 3.58. The van der Waals surface area contributed by atoms with E-state index in [1.165, 1.54) is 6.07 Å². The molecule has 0 atom stereocenters. The van der Waals surface area contributed by atoms with E-state index in [4.69, 9.17) is 4.74 Å². The third-order valence-corrected chi connectivity index (χ3v) is 4.82. The number of hydrogen-bond donors (Lipinski definition) is 0. The van der Waals surface area contributed by atoms with Gasteiger partial charge in [-0.2, -0.15) is 0 Å². The molecular formula is C20H15F5O2. The zero-order chi connectivity index (χ0) is 19.2. The van der Waals surface area contributed by atoms with Gasteiger partial charge in [-0.15, -0.1) is 13.2 Å². The lowest BCUT2D eigenvalue weighted by molar-refractivity contribution is -0.275. The second-order valence-electron chi connectivity index (χ2n) is 6.52. The lowest BCUT2D eigenvalue weighted by Crippen LogP contribution is -2.19. The molecule has 0 spiro atoms. The van der Waals surface area contributed by atoms with E-state index in [0.29, 0.717) is 16.7 Å². The number of hydrogen-bond acceptors (Lipinski definition) is 2. The lowest BCUT2D eigenvalue weighted by Gasteiger charge is -2.24. The molecule has 2 aromatic carbocycles. The number of fused-ring (bicyclic) bond motifs is 3. The molecule has 1 aliphatic heterocycles. The minimum absolute atomic E-state index is 0.00429. The van der Waals surface area contributed by atoms with Crippen LogP contribution in [-0.2, 0) is 6.61 Å². The van der Waals surface area contributed by atoms with Gasteiger partial charge in [-0.25, -0.2) is 8.78 Å². The Bertz CT molecular complexity index is 931. The first-order valence-electron chi connectivity index (χ1n) is 8.57. The van der Waals surface area contributed by atoms with Crippen molar-refractivity contribution in [2.24, 2.45) is 0 Å². The highest BCUT2D eigenvalue weighted by Gasteiger charge is 2.34. The summed E-state index contributed by atoms with van der Waals surface area (Å²) < 4.78 is 75.7. The van der Waals surface area contributed by atoms with E-state index in [9.17, 15) is 17.6 Å². The molecule has 2 aliphatic rings. The SMILES string of the molecule is Fc1c(OC(F)(F)F)ccc2c1COc1c-2ccc(C2=CCCCC2)c1F. The Morgan fingerprint density at radius 3 is 2.33 bits per heavy atom. The van der Waals surface area contributed by atoms with Gasteiger partial charge in [0.15, 0.2) is 23.1 Å². The van der Waals surface area contributed by atoms with Crippen molar-refractivity contribution >= 4 is 5.57 Å². The topological polar surface area (TPSA) is 18.5 Å². The highest BCUT2D eigenvalue weighted by Crippen LogP contribution is 2.45. The smallest absolute Gasteiger partial charge is 0.485 e. The highest BCUT2D eigenvalue weighted by molar-refractivity contribution is 5.80. The number of allylic oxidation sites excluding steroid dienone is 2. The van der Waals surface area contributed by atoms with E-state index >= 15 is 4.39 Å². The molecular weight excluding hydrogens is 367 g/mol. The van der Waals surface area contributed by atoms with Gasteiger partial charge in [0, 0.05) is 16.7 Å². The first kappa shape index (κ1) is 17.8. The Balaban J connectivity index is 1.77. The van der Waals surface area contributed by atoms with Gasteiger partial charge in [0.2, 0.25) is 0 Å². The van der Waals surface area contributed by atoms with Crippen molar-refractivity contribution < 1.29 is 31.4 Å². The Kier molecular flexibility index (Phi) is 4.32. The third-order valence-electron chi connectivity index (χ3n) is 4.82. The van der Waals surface area contributed by atoms with E-state index in [0.717, 1.165) is 37.3 Å². The Labute approximate surface area is 152 Å². The van der Waals surface area contributed by atoms with Gasteiger partial charge in [-0.05, 0) is 55.0 Å². The number of rotatable bonds is 2.